The zero-order valence-electron chi connectivity index (χ0n) is 17.6. The van der Waals surface area contributed by atoms with E-state index in [-0.39, 0.29) is 17.6 Å². The Morgan fingerprint density at radius 3 is 2.23 bits per heavy atom. The fourth-order valence-electron chi connectivity index (χ4n) is 3.18. The van der Waals surface area contributed by atoms with E-state index in [1.807, 2.05) is 44.7 Å². The third-order valence-corrected chi connectivity index (χ3v) is 6.03. The maximum atomic E-state index is 13.6. The van der Waals surface area contributed by atoms with Gasteiger partial charge in [0.2, 0.25) is 5.96 Å². The molecule has 0 amide bonds. The highest BCUT2D eigenvalue weighted by molar-refractivity contribution is 7.52. The lowest BCUT2D eigenvalue weighted by atomic mass is 9.88. The summed E-state index contributed by atoms with van der Waals surface area (Å²) in [6, 6.07) is 0. The van der Waals surface area contributed by atoms with Gasteiger partial charge in [-0.15, -0.1) is 4.76 Å². The van der Waals surface area contributed by atoms with E-state index < -0.39 is 13.3 Å². The van der Waals surface area contributed by atoms with Gasteiger partial charge in [0.15, 0.2) is 0 Å². The first-order valence-corrected chi connectivity index (χ1v) is 10.9. The number of hydrogen-bond donors (Lipinski definition) is 0. The van der Waals surface area contributed by atoms with Crippen LogP contribution in [0.3, 0.4) is 0 Å². The van der Waals surface area contributed by atoms with Crippen LogP contribution in [0.4, 0.5) is 0 Å². The van der Waals surface area contributed by atoms with Crippen molar-refractivity contribution in [3.8, 4) is 0 Å². The SMILES string of the molecule is CN1CCN(C)C1=NP(=O)(OC1CCO[C@@H]1CC(C)(C)C)OC(C)(C)C. The summed E-state index contributed by atoms with van der Waals surface area (Å²) in [5.74, 6) is 0.642. The molecule has 0 aromatic rings. The summed E-state index contributed by atoms with van der Waals surface area (Å²) < 4.78 is 35.9. The highest BCUT2D eigenvalue weighted by Gasteiger charge is 2.41. The van der Waals surface area contributed by atoms with Gasteiger partial charge in [-0.1, -0.05) is 20.8 Å². The molecule has 0 radical (unpaired) electrons. The summed E-state index contributed by atoms with van der Waals surface area (Å²) in [5, 5.41) is 0. The van der Waals surface area contributed by atoms with Gasteiger partial charge in [-0.05, 0) is 32.6 Å². The molecule has 152 valence electrons. The van der Waals surface area contributed by atoms with Crippen LogP contribution in [-0.4, -0.2) is 67.4 Å². The van der Waals surface area contributed by atoms with E-state index in [0.717, 1.165) is 19.5 Å². The van der Waals surface area contributed by atoms with Crippen LogP contribution < -0.4 is 0 Å². The zero-order chi connectivity index (χ0) is 19.8. The molecule has 0 bridgehead atoms. The van der Waals surface area contributed by atoms with Crippen molar-refractivity contribution < 1.29 is 18.3 Å². The molecule has 2 unspecified atom stereocenters. The van der Waals surface area contributed by atoms with Gasteiger partial charge in [-0.3, -0.25) is 9.05 Å². The first-order valence-electron chi connectivity index (χ1n) is 9.41. The summed E-state index contributed by atoms with van der Waals surface area (Å²) in [4.78, 5) is 3.94. The standard InChI is InChI=1S/C18H36N3O4P/c1-17(2,3)13-15-14(9-12-23-15)24-26(22,25-18(4,5)6)19-16-20(7)10-11-21(16)8/h14-15H,9-13H2,1-8H3/t14?,15-,26?/m1/s1. The summed E-state index contributed by atoms with van der Waals surface area (Å²) in [6.45, 7) is 14.4. The summed E-state index contributed by atoms with van der Waals surface area (Å²) >= 11 is 0. The molecule has 26 heavy (non-hydrogen) atoms. The molecule has 2 aliphatic heterocycles. The second kappa shape index (κ2) is 7.78. The Hall–Kier alpha value is -0.620. The lowest BCUT2D eigenvalue weighted by Crippen LogP contribution is -2.31. The van der Waals surface area contributed by atoms with E-state index in [0.29, 0.717) is 19.0 Å². The van der Waals surface area contributed by atoms with Gasteiger partial charge >= 0.3 is 7.75 Å². The smallest absolute Gasteiger partial charge is 0.375 e. The maximum absolute atomic E-state index is 13.6. The molecule has 0 aromatic carbocycles. The molecular weight excluding hydrogens is 353 g/mol. The third-order valence-electron chi connectivity index (χ3n) is 4.29. The minimum atomic E-state index is -3.69. The molecule has 3 atom stereocenters. The molecule has 0 aromatic heterocycles. The first kappa shape index (κ1) is 21.7. The topological polar surface area (TPSA) is 63.6 Å². The molecule has 0 saturated carbocycles. The predicted octanol–water partition coefficient (Wildman–Crippen LogP) is 3.75. The summed E-state index contributed by atoms with van der Waals surface area (Å²) in [7, 11) is 0.179. The zero-order valence-corrected chi connectivity index (χ0v) is 18.5. The summed E-state index contributed by atoms with van der Waals surface area (Å²) in [5.41, 5.74) is -0.530. The van der Waals surface area contributed by atoms with Gasteiger partial charge in [0.25, 0.3) is 0 Å². The largest absolute Gasteiger partial charge is 0.457 e. The van der Waals surface area contributed by atoms with Crippen LogP contribution in [0.2, 0.25) is 0 Å². The molecule has 0 aliphatic carbocycles. The van der Waals surface area contributed by atoms with Crippen LogP contribution in [0.1, 0.15) is 54.4 Å². The number of rotatable bonds is 5. The van der Waals surface area contributed by atoms with E-state index in [1.165, 1.54) is 0 Å². The Balaban J connectivity index is 2.24. The molecule has 2 fully saturated rings. The van der Waals surface area contributed by atoms with Crippen LogP contribution in [0.5, 0.6) is 0 Å². The lowest BCUT2D eigenvalue weighted by Gasteiger charge is -2.30. The first-order chi connectivity index (χ1) is 11.8. The van der Waals surface area contributed by atoms with Crippen molar-refractivity contribution in [2.75, 3.05) is 33.8 Å². The Morgan fingerprint density at radius 2 is 1.73 bits per heavy atom. The van der Waals surface area contributed by atoms with Crippen molar-refractivity contribution in [1.82, 2.24) is 9.80 Å². The molecule has 2 heterocycles. The second-order valence-electron chi connectivity index (χ2n) is 9.52. The number of nitrogens with zero attached hydrogens (tertiary/aromatic N) is 3. The lowest BCUT2D eigenvalue weighted by molar-refractivity contribution is 0.00916. The molecule has 2 rings (SSSR count). The van der Waals surface area contributed by atoms with Gasteiger partial charge < -0.3 is 14.5 Å². The van der Waals surface area contributed by atoms with Crippen molar-refractivity contribution in [3.05, 3.63) is 0 Å². The monoisotopic (exact) mass is 389 g/mol. The fraction of sp³-hybridized carbons (Fsp3) is 0.944. The van der Waals surface area contributed by atoms with E-state index in [2.05, 4.69) is 25.5 Å². The van der Waals surface area contributed by atoms with Crippen LogP contribution in [0.25, 0.3) is 0 Å². The quantitative estimate of drug-likeness (QED) is 0.667. The van der Waals surface area contributed by atoms with Gasteiger partial charge in [0.05, 0.1) is 17.8 Å². The van der Waals surface area contributed by atoms with Crippen molar-refractivity contribution >= 4 is 13.7 Å². The molecule has 0 N–H and O–H groups in total. The number of ether oxygens (including phenoxy) is 1. The number of likely N-dealkylation sites (N-methyl/N-ethyl adjacent to an activating group) is 2. The number of hydrogen-bond acceptors (Lipinski definition) is 4. The Labute approximate surface area is 158 Å². The minimum absolute atomic E-state index is 0.0915. The Morgan fingerprint density at radius 1 is 1.15 bits per heavy atom. The molecule has 2 saturated heterocycles. The van der Waals surface area contributed by atoms with Crippen molar-refractivity contribution in [1.29, 1.82) is 0 Å². The van der Waals surface area contributed by atoms with E-state index in [4.69, 9.17) is 13.8 Å². The van der Waals surface area contributed by atoms with Crippen molar-refractivity contribution in [2.45, 2.75) is 72.2 Å². The highest BCUT2D eigenvalue weighted by atomic mass is 31.2. The van der Waals surface area contributed by atoms with Crippen LogP contribution in [0.15, 0.2) is 4.76 Å². The molecular formula is C18H36N3O4P. The minimum Gasteiger partial charge on any atom is -0.375 e. The van der Waals surface area contributed by atoms with Crippen molar-refractivity contribution in [2.24, 2.45) is 10.2 Å². The fourth-order valence-corrected chi connectivity index (χ4v) is 5.11. The Kier molecular flexibility index (Phi) is 6.49. The van der Waals surface area contributed by atoms with Crippen molar-refractivity contribution in [3.63, 3.8) is 0 Å². The maximum Gasteiger partial charge on any atom is 0.457 e. The average Bonchev–Trinajstić information content (AvgIpc) is 2.96. The van der Waals surface area contributed by atoms with E-state index in [1.54, 1.807) is 0 Å². The number of guanidine groups is 1. The van der Waals surface area contributed by atoms with Gasteiger partial charge in [-0.2, -0.15) is 0 Å². The third kappa shape index (κ3) is 6.22. The predicted molar refractivity (Wildman–Crippen MR) is 104 cm³/mol. The molecule has 0 spiro atoms. The normalized spacial score (nSPS) is 27.2. The van der Waals surface area contributed by atoms with Gasteiger partial charge in [-0.25, -0.2) is 4.57 Å². The van der Waals surface area contributed by atoms with Gasteiger partial charge in [0, 0.05) is 40.2 Å². The van der Waals surface area contributed by atoms with Crippen LogP contribution in [0, 0.1) is 5.41 Å². The van der Waals surface area contributed by atoms with Crippen LogP contribution >= 0.6 is 7.75 Å². The molecule has 7 nitrogen and oxygen atoms in total. The van der Waals surface area contributed by atoms with Crippen LogP contribution in [-0.2, 0) is 18.3 Å². The van der Waals surface area contributed by atoms with E-state index >= 15 is 0 Å². The Bertz CT molecular complexity index is 556. The van der Waals surface area contributed by atoms with E-state index in [9.17, 15) is 4.57 Å². The molecule has 8 heteroatoms. The van der Waals surface area contributed by atoms with Gasteiger partial charge in [0.1, 0.15) is 0 Å². The summed E-state index contributed by atoms with van der Waals surface area (Å²) in [6.07, 6.45) is 1.17. The second-order valence-corrected chi connectivity index (χ2v) is 11.1. The average molecular weight is 389 g/mol. The molecule has 2 aliphatic rings. The highest BCUT2D eigenvalue weighted by Crippen LogP contribution is 2.56.